The van der Waals surface area contributed by atoms with Gasteiger partial charge in [0.25, 0.3) is 0 Å². The van der Waals surface area contributed by atoms with Crippen molar-refractivity contribution in [2.75, 3.05) is 20.3 Å². The number of methoxy groups -OCH3 is 1. The molecule has 1 aliphatic rings. The van der Waals surface area contributed by atoms with Crippen LogP contribution in [0.3, 0.4) is 0 Å². The van der Waals surface area contributed by atoms with Crippen LogP contribution in [0.2, 0.25) is 0 Å². The van der Waals surface area contributed by atoms with Crippen LogP contribution in [-0.2, 0) is 0 Å². The number of hydrogen-bond donors (Lipinski definition) is 0. The van der Waals surface area contributed by atoms with Crippen molar-refractivity contribution in [3.8, 4) is 17.2 Å². The molecule has 0 atom stereocenters. The molecule has 0 saturated carbocycles. The molecule has 3 rings (SSSR count). The molecule has 112 valence electrons. The molecule has 0 saturated heterocycles. The highest BCUT2D eigenvalue weighted by Crippen LogP contribution is 2.31. The summed E-state index contributed by atoms with van der Waals surface area (Å²) in [5.74, 6) is 1.91. The van der Waals surface area contributed by atoms with Gasteiger partial charge in [0.2, 0.25) is 0 Å². The van der Waals surface area contributed by atoms with E-state index in [-0.39, 0.29) is 5.78 Å². The van der Waals surface area contributed by atoms with Gasteiger partial charge in [0.1, 0.15) is 19.0 Å². The smallest absolute Gasteiger partial charge is 0.189 e. The van der Waals surface area contributed by atoms with E-state index in [4.69, 9.17) is 14.2 Å². The van der Waals surface area contributed by atoms with Crippen molar-refractivity contribution in [3.63, 3.8) is 0 Å². The summed E-state index contributed by atoms with van der Waals surface area (Å²) in [6.07, 6.45) is 3.29. The van der Waals surface area contributed by atoms with Crippen molar-refractivity contribution >= 4 is 11.9 Å². The number of hydrogen-bond acceptors (Lipinski definition) is 4. The fraction of sp³-hybridized carbons (Fsp3) is 0.167. The van der Waals surface area contributed by atoms with Crippen LogP contribution in [-0.4, -0.2) is 26.1 Å². The summed E-state index contributed by atoms with van der Waals surface area (Å²) >= 11 is 0. The summed E-state index contributed by atoms with van der Waals surface area (Å²) in [7, 11) is 1.55. The molecule has 0 aromatic heterocycles. The van der Waals surface area contributed by atoms with E-state index < -0.39 is 0 Å². The van der Waals surface area contributed by atoms with Crippen molar-refractivity contribution in [3.05, 3.63) is 59.7 Å². The van der Waals surface area contributed by atoms with Gasteiger partial charge in [-0.05, 0) is 35.9 Å². The lowest BCUT2D eigenvalue weighted by molar-refractivity contribution is 0.104. The largest absolute Gasteiger partial charge is 0.496 e. The Morgan fingerprint density at radius 3 is 2.68 bits per heavy atom. The number of fused-ring (bicyclic) bond motifs is 1. The number of allylic oxidation sites excluding steroid dienone is 1. The molecular formula is C18H16O4. The van der Waals surface area contributed by atoms with E-state index in [1.54, 1.807) is 25.3 Å². The van der Waals surface area contributed by atoms with Gasteiger partial charge in [0.05, 0.1) is 12.7 Å². The minimum Gasteiger partial charge on any atom is -0.496 e. The van der Waals surface area contributed by atoms with Crippen LogP contribution in [0.15, 0.2) is 48.5 Å². The molecule has 4 heteroatoms. The third kappa shape index (κ3) is 2.96. The Kier molecular flexibility index (Phi) is 4.10. The third-order valence-electron chi connectivity index (χ3n) is 3.37. The first-order valence-corrected chi connectivity index (χ1v) is 7.03. The number of carbonyl (C=O) groups is 1. The first-order valence-electron chi connectivity index (χ1n) is 7.03. The van der Waals surface area contributed by atoms with E-state index in [0.717, 1.165) is 11.3 Å². The number of rotatable bonds is 4. The first-order chi connectivity index (χ1) is 10.8. The zero-order valence-corrected chi connectivity index (χ0v) is 12.2. The van der Waals surface area contributed by atoms with Gasteiger partial charge < -0.3 is 14.2 Å². The standard InChI is InChI=1S/C18H16O4/c1-20-16-5-3-2-4-14(16)15(19)8-6-13-7-9-17-18(12-13)22-11-10-21-17/h2-9,12H,10-11H2,1H3/b8-6+. The lowest BCUT2D eigenvalue weighted by atomic mass is 10.1. The number of benzene rings is 2. The molecule has 0 fully saturated rings. The lowest BCUT2D eigenvalue weighted by Crippen LogP contribution is -2.15. The van der Waals surface area contributed by atoms with Gasteiger partial charge in [-0.25, -0.2) is 0 Å². The highest BCUT2D eigenvalue weighted by molar-refractivity contribution is 6.08. The van der Waals surface area contributed by atoms with Crippen LogP contribution in [0.1, 0.15) is 15.9 Å². The minimum absolute atomic E-state index is 0.104. The molecule has 2 aromatic carbocycles. The Morgan fingerprint density at radius 1 is 1.09 bits per heavy atom. The predicted octanol–water partition coefficient (Wildman–Crippen LogP) is 3.36. The van der Waals surface area contributed by atoms with Crippen molar-refractivity contribution in [1.29, 1.82) is 0 Å². The molecular weight excluding hydrogens is 280 g/mol. The van der Waals surface area contributed by atoms with Gasteiger partial charge in [-0.2, -0.15) is 0 Å². The summed E-state index contributed by atoms with van der Waals surface area (Å²) in [5.41, 5.74) is 1.42. The van der Waals surface area contributed by atoms with E-state index in [1.165, 1.54) is 6.08 Å². The van der Waals surface area contributed by atoms with Gasteiger partial charge in [0, 0.05) is 0 Å². The molecule has 22 heavy (non-hydrogen) atoms. The van der Waals surface area contributed by atoms with Gasteiger partial charge in [-0.15, -0.1) is 0 Å². The van der Waals surface area contributed by atoms with Crippen LogP contribution < -0.4 is 14.2 Å². The van der Waals surface area contributed by atoms with Crippen molar-refractivity contribution in [1.82, 2.24) is 0 Å². The average Bonchev–Trinajstić information content (AvgIpc) is 2.59. The van der Waals surface area contributed by atoms with E-state index in [2.05, 4.69) is 0 Å². The molecule has 0 bridgehead atoms. The second-order valence-corrected chi connectivity index (χ2v) is 4.80. The average molecular weight is 296 g/mol. The molecule has 0 amide bonds. The molecule has 1 aliphatic heterocycles. The summed E-state index contributed by atoms with van der Waals surface area (Å²) in [6, 6.07) is 12.8. The molecule has 1 heterocycles. The summed E-state index contributed by atoms with van der Waals surface area (Å²) < 4.78 is 16.2. The van der Waals surface area contributed by atoms with Gasteiger partial charge in [0.15, 0.2) is 17.3 Å². The molecule has 0 radical (unpaired) electrons. The Morgan fingerprint density at radius 2 is 1.86 bits per heavy atom. The summed E-state index contributed by atoms with van der Waals surface area (Å²) in [4.78, 5) is 12.3. The van der Waals surface area contributed by atoms with E-state index in [0.29, 0.717) is 30.3 Å². The van der Waals surface area contributed by atoms with E-state index >= 15 is 0 Å². The second-order valence-electron chi connectivity index (χ2n) is 4.80. The number of ether oxygens (including phenoxy) is 3. The highest BCUT2D eigenvalue weighted by atomic mass is 16.6. The molecule has 2 aromatic rings. The fourth-order valence-corrected chi connectivity index (χ4v) is 2.27. The zero-order chi connectivity index (χ0) is 15.4. The quantitative estimate of drug-likeness (QED) is 0.641. The number of carbonyl (C=O) groups excluding carboxylic acids is 1. The maximum absolute atomic E-state index is 12.3. The van der Waals surface area contributed by atoms with E-state index in [9.17, 15) is 4.79 Å². The van der Waals surface area contributed by atoms with Crippen LogP contribution >= 0.6 is 0 Å². The SMILES string of the molecule is COc1ccccc1C(=O)/C=C/c1ccc2c(c1)OCCO2. The van der Waals surface area contributed by atoms with Crippen molar-refractivity contribution < 1.29 is 19.0 Å². The maximum atomic E-state index is 12.3. The van der Waals surface area contributed by atoms with Crippen LogP contribution in [0.25, 0.3) is 6.08 Å². The monoisotopic (exact) mass is 296 g/mol. The fourth-order valence-electron chi connectivity index (χ4n) is 2.27. The van der Waals surface area contributed by atoms with E-state index in [1.807, 2.05) is 30.3 Å². The van der Waals surface area contributed by atoms with Gasteiger partial charge in [-0.3, -0.25) is 4.79 Å². The van der Waals surface area contributed by atoms with Crippen molar-refractivity contribution in [2.45, 2.75) is 0 Å². The summed E-state index contributed by atoms with van der Waals surface area (Å²) in [6.45, 7) is 1.11. The topological polar surface area (TPSA) is 44.8 Å². The Bertz CT molecular complexity index is 719. The normalized spacial score (nSPS) is 13.1. The number of para-hydroxylation sites is 1. The molecule has 0 spiro atoms. The molecule has 0 aliphatic carbocycles. The second kappa shape index (κ2) is 6.35. The minimum atomic E-state index is -0.104. The van der Waals surface area contributed by atoms with Crippen LogP contribution in [0.5, 0.6) is 17.2 Å². The zero-order valence-electron chi connectivity index (χ0n) is 12.2. The third-order valence-corrected chi connectivity index (χ3v) is 3.37. The Hall–Kier alpha value is -2.75. The molecule has 4 nitrogen and oxygen atoms in total. The molecule has 0 unspecified atom stereocenters. The Balaban J connectivity index is 1.80. The predicted molar refractivity (Wildman–Crippen MR) is 83.8 cm³/mol. The first kappa shape index (κ1) is 14.2. The maximum Gasteiger partial charge on any atom is 0.189 e. The summed E-state index contributed by atoms with van der Waals surface area (Å²) in [5, 5.41) is 0. The highest BCUT2D eigenvalue weighted by Gasteiger charge is 2.11. The van der Waals surface area contributed by atoms with Crippen LogP contribution in [0, 0.1) is 0 Å². The molecule has 0 N–H and O–H groups in total. The number of ketones is 1. The van der Waals surface area contributed by atoms with Gasteiger partial charge >= 0.3 is 0 Å². The van der Waals surface area contributed by atoms with Crippen LogP contribution in [0.4, 0.5) is 0 Å². The van der Waals surface area contributed by atoms with Gasteiger partial charge in [-0.1, -0.05) is 24.3 Å². The van der Waals surface area contributed by atoms with Crippen molar-refractivity contribution in [2.24, 2.45) is 0 Å². The lowest BCUT2D eigenvalue weighted by Gasteiger charge is -2.18. The Labute approximate surface area is 128 Å².